The van der Waals surface area contributed by atoms with Gasteiger partial charge in [0.1, 0.15) is 11.6 Å². The minimum Gasteiger partial charge on any atom is -0.434 e. The standard InChI is InChI=1S/C14H13F3N4O2/c15-9-3-4-10(23-14(16)17)8(5-9)6-18-13(22)12-11(7-1-2-7)19-21-20-12/h3-5,7,14H,1-2,6H2,(H,18,22)(H,19,20,21). The third-order valence-electron chi connectivity index (χ3n) is 3.43. The lowest BCUT2D eigenvalue weighted by atomic mass is 10.2. The van der Waals surface area contributed by atoms with Crippen molar-refractivity contribution in [3.05, 3.63) is 41.0 Å². The second-order valence-corrected chi connectivity index (χ2v) is 5.14. The molecule has 0 unspecified atom stereocenters. The van der Waals surface area contributed by atoms with E-state index in [4.69, 9.17) is 0 Å². The minimum absolute atomic E-state index is 0.107. The number of hydrogen-bond acceptors (Lipinski definition) is 4. The maximum atomic E-state index is 13.3. The molecule has 1 aromatic heterocycles. The molecule has 0 bridgehead atoms. The van der Waals surface area contributed by atoms with E-state index in [1.54, 1.807) is 0 Å². The van der Waals surface area contributed by atoms with Crippen LogP contribution in [0.1, 0.15) is 40.5 Å². The van der Waals surface area contributed by atoms with Crippen molar-refractivity contribution in [3.8, 4) is 5.75 Å². The number of aromatic nitrogens is 3. The first kappa shape index (κ1) is 15.3. The van der Waals surface area contributed by atoms with E-state index < -0.39 is 18.3 Å². The molecule has 1 aliphatic rings. The summed E-state index contributed by atoms with van der Waals surface area (Å²) in [4.78, 5) is 12.1. The summed E-state index contributed by atoms with van der Waals surface area (Å²) in [5, 5.41) is 12.7. The third-order valence-corrected chi connectivity index (χ3v) is 3.43. The van der Waals surface area contributed by atoms with Crippen molar-refractivity contribution in [2.24, 2.45) is 0 Å². The number of rotatable bonds is 6. The van der Waals surface area contributed by atoms with Gasteiger partial charge in [-0.1, -0.05) is 0 Å². The Hall–Kier alpha value is -2.58. The third kappa shape index (κ3) is 3.61. The molecule has 1 fully saturated rings. The second-order valence-electron chi connectivity index (χ2n) is 5.14. The van der Waals surface area contributed by atoms with Gasteiger partial charge in [0.15, 0.2) is 5.69 Å². The van der Waals surface area contributed by atoms with E-state index in [0.717, 1.165) is 31.0 Å². The SMILES string of the molecule is O=C(NCc1cc(F)ccc1OC(F)F)c1n[nH]nc1C1CC1. The van der Waals surface area contributed by atoms with Crippen LogP contribution in [0.5, 0.6) is 5.75 Å². The fourth-order valence-electron chi connectivity index (χ4n) is 2.20. The molecule has 2 aromatic rings. The molecule has 0 radical (unpaired) electrons. The Bertz CT molecular complexity index is 716. The van der Waals surface area contributed by atoms with E-state index in [0.29, 0.717) is 5.69 Å². The number of aromatic amines is 1. The van der Waals surface area contributed by atoms with Gasteiger partial charge in [-0.15, -0.1) is 0 Å². The van der Waals surface area contributed by atoms with E-state index in [1.165, 1.54) is 0 Å². The van der Waals surface area contributed by atoms with Crippen LogP contribution in [0.15, 0.2) is 18.2 Å². The van der Waals surface area contributed by atoms with Crippen molar-refractivity contribution in [1.82, 2.24) is 20.7 Å². The summed E-state index contributed by atoms with van der Waals surface area (Å²) in [6.45, 7) is -3.21. The monoisotopic (exact) mass is 326 g/mol. The molecule has 2 N–H and O–H groups in total. The van der Waals surface area contributed by atoms with E-state index in [-0.39, 0.29) is 29.5 Å². The van der Waals surface area contributed by atoms with Gasteiger partial charge in [-0.05, 0) is 31.0 Å². The van der Waals surface area contributed by atoms with Crippen molar-refractivity contribution >= 4 is 5.91 Å². The van der Waals surface area contributed by atoms with Gasteiger partial charge in [0.2, 0.25) is 0 Å². The topological polar surface area (TPSA) is 79.9 Å². The maximum Gasteiger partial charge on any atom is 0.387 e. The van der Waals surface area contributed by atoms with Crippen molar-refractivity contribution in [3.63, 3.8) is 0 Å². The zero-order valence-corrected chi connectivity index (χ0v) is 11.9. The molecule has 0 spiro atoms. The Kier molecular flexibility index (Phi) is 4.18. The zero-order valence-electron chi connectivity index (χ0n) is 11.9. The van der Waals surface area contributed by atoms with Crippen LogP contribution in [0, 0.1) is 5.82 Å². The van der Waals surface area contributed by atoms with Gasteiger partial charge in [-0.2, -0.15) is 24.2 Å². The van der Waals surface area contributed by atoms with Crippen LogP contribution in [0.3, 0.4) is 0 Å². The van der Waals surface area contributed by atoms with E-state index in [9.17, 15) is 18.0 Å². The first-order valence-electron chi connectivity index (χ1n) is 6.96. The summed E-state index contributed by atoms with van der Waals surface area (Å²) >= 11 is 0. The average molecular weight is 326 g/mol. The average Bonchev–Trinajstić information content (AvgIpc) is 3.23. The lowest BCUT2D eigenvalue weighted by molar-refractivity contribution is -0.0505. The highest BCUT2D eigenvalue weighted by molar-refractivity contribution is 5.93. The summed E-state index contributed by atoms with van der Waals surface area (Å²) in [6, 6.07) is 3.13. The first-order valence-corrected chi connectivity index (χ1v) is 6.96. The highest BCUT2D eigenvalue weighted by Gasteiger charge is 2.31. The van der Waals surface area contributed by atoms with Gasteiger partial charge >= 0.3 is 6.61 Å². The van der Waals surface area contributed by atoms with E-state index in [2.05, 4.69) is 25.5 Å². The molecule has 0 saturated heterocycles. The number of benzene rings is 1. The Labute approximate surface area is 129 Å². The Morgan fingerprint density at radius 3 is 2.87 bits per heavy atom. The highest BCUT2D eigenvalue weighted by atomic mass is 19.3. The van der Waals surface area contributed by atoms with Crippen LogP contribution in [-0.4, -0.2) is 27.9 Å². The summed E-state index contributed by atoms with van der Waals surface area (Å²) in [6.07, 6.45) is 1.90. The number of nitrogens with zero attached hydrogens (tertiary/aromatic N) is 2. The number of H-pyrrole nitrogens is 1. The Morgan fingerprint density at radius 1 is 1.39 bits per heavy atom. The van der Waals surface area contributed by atoms with Crippen molar-refractivity contribution in [1.29, 1.82) is 0 Å². The molecule has 0 atom stereocenters. The number of hydrogen-bond donors (Lipinski definition) is 2. The van der Waals surface area contributed by atoms with Crippen LogP contribution < -0.4 is 10.1 Å². The molecular weight excluding hydrogens is 313 g/mol. The van der Waals surface area contributed by atoms with Crippen LogP contribution in [0.2, 0.25) is 0 Å². The summed E-state index contributed by atoms with van der Waals surface area (Å²) in [7, 11) is 0. The van der Waals surface area contributed by atoms with Crippen molar-refractivity contribution in [2.45, 2.75) is 31.9 Å². The quantitative estimate of drug-likeness (QED) is 0.854. The number of alkyl halides is 2. The summed E-state index contributed by atoms with van der Waals surface area (Å²) in [5.74, 6) is -1.09. The first-order chi connectivity index (χ1) is 11.0. The smallest absolute Gasteiger partial charge is 0.387 e. The molecule has 0 aliphatic heterocycles. The van der Waals surface area contributed by atoms with Crippen LogP contribution in [0.4, 0.5) is 13.2 Å². The van der Waals surface area contributed by atoms with E-state index >= 15 is 0 Å². The molecule has 1 aliphatic carbocycles. The zero-order chi connectivity index (χ0) is 16.4. The van der Waals surface area contributed by atoms with E-state index in [1.807, 2.05) is 0 Å². The van der Waals surface area contributed by atoms with Crippen LogP contribution in [-0.2, 0) is 6.54 Å². The molecule has 1 aromatic carbocycles. The number of carbonyl (C=O) groups is 1. The number of halogens is 3. The lowest BCUT2D eigenvalue weighted by Crippen LogP contribution is -2.25. The van der Waals surface area contributed by atoms with Gasteiger partial charge in [-0.25, -0.2) is 4.39 Å². The lowest BCUT2D eigenvalue weighted by Gasteiger charge is -2.11. The van der Waals surface area contributed by atoms with Crippen molar-refractivity contribution in [2.75, 3.05) is 0 Å². The molecule has 9 heteroatoms. The second kappa shape index (κ2) is 6.27. The molecule has 23 heavy (non-hydrogen) atoms. The fourth-order valence-corrected chi connectivity index (χ4v) is 2.20. The van der Waals surface area contributed by atoms with Crippen LogP contribution in [0.25, 0.3) is 0 Å². The number of nitrogens with one attached hydrogen (secondary N) is 2. The number of amides is 1. The largest absolute Gasteiger partial charge is 0.434 e. The minimum atomic E-state index is -3.04. The molecule has 1 saturated carbocycles. The maximum absolute atomic E-state index is 13.3. The van der Waals surface area contributed by atoms with Crippen LogP contribution >= 0.6 is 0 Å². The highest BCUT2D eigenvalue weighted by Crippen LogP contribution is 2.39. The van der Waals surface area contributed by atoms with Gasteiger partial charge in [0, 0.05) is 18.0 Å². The molecule has 1 amide bonds. The van der Waals surface area contributed by atoms with Gasteiger partial charge in [0.05, 0.1) is 5.69 Å². The van der Waals surface area contributed by atoms with Gasteiger partial charge < -0.3 is 10.1 Å². The summed E-state index contributed by atoms with van der Waals surface area (Å²) < 4.78 is 42.3. The predicted molar refractivity (Wildman–Crippen MR) is 72.6 cm³/mol. The molecule has 6 nitrogen and oxygen atoms in total. The number of ether oxygens (including phenoxy) is 1. The summed E-state index contributed by atoms with van der Waals surface area (Å²) in [5.41, 5.74) is 0.862. The number of carbonyl (C=O) groups excluding carboxylic acids is 1. The molecular formula is C14H13F3N4O2. The normalized spacial score (nSPS) is 14.1. The van der Waals surface area contributed by atoms with Gasteiger partial charge in [0.25, 0.3) is 5.91 Å². The Morgan fingerprint density at radius 2 is 2.17 bits per heavy atom. The molecule has 122 valence electrons. The molecule has 1 heterocycles. The predicted octanol–water partition coefficient (Wildman–Crippen LogP) is 2.35. The van der Waals surface area contributed by atoms with Crippen molar-refractivity contribution < 1.29 is 22.7 Å². The molecule has 3 rings (SSSR count). The Balaban J connectivity index is 1.71. The van der Waals surface area contributed by atoms with Gasteiger partial charge in [-0.3, -0.25) is 4.79 Å². The fraction of sp³-hybridized carbons (Fsp3) is 0.357.